The molecule has 0 saturated carbocycles. The molecule has 1 atom stereocenters. The van der Waals surface area contributed by atoms with Gasteiger partial charge in [0.2, 0.25) is 0 Å². The second kappa shape index (κ2) is 3.83. The number of halogens is 1. The largest absolute Gasteiger partial charge is 0.330 e. The Morgan fingerprint density at radius 2 is 2.36 bits per heavy atom. The molecule has 0 fully saturated rings. The van der Waals surface area contributed by atoms with Crippen LogP contribution >= 0.6 is 15.9 Å². The van der Waals surface area contributed by atoms with Crippen LogP contribution in [-0.4, -0.2) is 11.5 Å². The first kappa shape index (κ1) is 8.68. The predicted molar refractivity (Wildman–Crippen MR) is 49.4 cm³/mol. The summed E-state index contributed by atoms with van der Waals surface area (Å²) >= 11 is 3.31. The van der Waals surface area contributed by atoms with Crippen molar-refractivity contribution in [2.45, 2.75) is 12.8 Å². The Morgan fingerprint density at radius 3 is 2.91 bits per heavy atom. The maximum atomic E-state index is 5.50. The number of hydrogen-bond donors (Lipinski definition) is 1. The van der Waals surface area contributed by atoms with Crippen LogP contribution in [0.4, 0.5) is 0 Å². The average molecular weight is 215 g/mol. The van der Waals surface area contributed by atoms with E-state index >= 15 is 0 Å². The molecule has 1 unspecified atom stereocenters. The maximum Gasteiger partial charge on any atom is 0.106 e. The molecule has 1 aromatic heterocycles. The van der Waals surface area contributed by atoms with Gasteiger partial charge in [0.1, 0.15) is 4.60 Å². The van der Waals surface area contributed by atoms with Crippen LogP contribution in [0.5, 0.6) is 0 Å². The lowest BCUT2D eigenvalue weighted by Crippen LogP contribution is -2.10. The van der Waals surface area contributed by atoms with Crippen molar-refractivity contribution in [1.82, 2.24) is 4.98 Å². The first-order valence-electron chi connectivity index (χ1n) is 3.56. The van der Waals surface area contributed by atoms with Crippen LogP contribution < -0.4 is 5.73 Å². The SMILES string of the molecule is CC(CN)c1cccc(Br)n1. The Balaban J connectivity index is 2.86. The highest BCUT2D eigenvalue weighted by Crippen LogP contribution is 2.13. The standard InChI is InChI=1S/C8H11BrN2/c1-6(5-10)7-3-2-4-8(9)11-7/h2-4,6H,5,10H2,1H3. The molecule has 3 heteroatoms. The number of nitrogens with two attached hydrogens (primary N) is 1. The van der Waals surface area contributed by atoms with Gasteiger partial charge in [0.25, 0.3) is 0 Å². The normalized spacial score (nSPS) is 13.0. The summed E-state index contributed by atoms with van der Waals surface area (Å²) in [6.45, 7) is 2.71. The molecule has 2 nitrogen and oxygen atoms in total. The summed E-state index contributed by atoms with van der Waals surface area (Å²) in [5.41, 5.74) is 6.54. The molecule has 0 spiro atoms. The minimum atomic E-state index is 0.340. The van der Waals surface area contributed by atoms with Crippen LogP contribution in [0.1, 0.15) is 18.5 Å². The van der Waals surface area contributed by atoms with E-state index in [0.717, 1.165) is 10.3 Å². The molecule has 0 radical (unpaired) electrons. The summed E-state index contributed by atoms with van der Waals surface area (Å²) in [6, 6.07) is 5.87. The second-order valence-corrected chi connectivity index (χ2v) is 3.33. The van der Waals surface area contributed by atoms with Gasteiger partial charge in [0, 0.05) is 18.2 Å². The van der Waals surface area contributed by atoms with Gasteiger partial charge in [-0.05, 0) is 28.1 Å². The zero-order chi connectivity index (χ0) is 8.27. The molecule has 1 heterocycles. The van der Waals surface area contributed by atoms with E-state index in [1.807, 2.05) is 18.2 Å². The van der Waals surface area contributed by atoms with E-state index in [1.54, 1.807) is 0 Å². The Labute approximate surface area is 75.0 Å². The fraction of sp³-hybridized carbons (Fsp3) is 0.375. The topological polar surface area (TPSA) is 38.9 Å². The molecule has 0 aliphatic heterocycles. The van der Waals surface area contributed by atoms with Crippen molar-refractivity contribution >= 4 is 15.9 Å². The summed E-state index contributed by atoms with van der Waals surface area (Å²) in [4.78, 5) is 4.28. The monoisotopic (exact) mass is 214 g/mol. The minimum absolute atomic E-state index is 0.340. The van der Waals surface area contributed by atoms with E-state index in [2.05, 4.69) is 27.8 Å². The lowest BCUT2D eigenvalue weighted by atomic mass is 10.1. The van der Waals surface area contributed by atoms with Crippen molar-refractivity contribution in [1.29, 1.82) is 0 Å². The average Bonchev–Trinajstić information content (AvgIpc) is 2.03. The number of hydrogen-bond acceptors (Lipinski definition) is 2. The van der Waals surface area contributed by atoms with Gasteiger partial charge in [0.05, 0.1) is 0 Å². The summed E-state index contributed by atoms with van der Waals surface area (Å²) in [7, 11) is 0. The van der Waals surface area contributed by atoms with E-state index in [-0.39, 0.29) is 0 Å². The molecule has 0 aliphatic rings. The molecule has 1 rings (SSSR count). The fourth-order valence-electron chi connectivity index (χ4n) is 0.819. The maximum absolute atomic E-state index is 5.50. The van der Waals surface area contributed by atoms with Crippen LogP contribution in [0.15, 0.2) is 22.8 Å². The van der Waals surface area contributed by atoms with Crippen LogP contribution in [0.25, 0.3) is 0 Å². The van der Waals surface area contributed by atoms with E-state index < -0.39 is 0 Å². The van der Waals surface area contributed by atoms with Gasteiger partial charge in [-0.1, -0.05) is 13.0 Å². The molecule has 0 aromatic carbocycles. The summed E-state index contributed by atoms with van der Waals surface area (Å²) in [5, 5.41) is 0. The number of aromatic nitrogens is 1. The molecule has 0 saturated heterocycles. The Bertz CT molecular complexity index is 237. The van der Waals surface area contributed by atoms with Crippen LogP contribution in [0.3, 0.4) is 0 Å². The van der Waals surface area contributed by atoms with Crippen molar-refractivity contribution in [3.05, 3.63) is 28.5 Å². The third-order valence-electron chi connectivity index (χ3n) is 1.60. The first-order chi connectivity index (χ1) is 5.24. The van der Waals surface area contributed by atoms with Gasteiger partial charge < -0.3 is 5.73 Å². The lowest BCUT2D eigenvalue weighted by Gasteiger charge is -2.06. The first-order valence-corrected chi connectivity index (χ1v) is 4.36. The third-order valence-corrected chi connectivity index (χ3v) is 2.04. The number of pyridine rings is 1. The van der Waals surface area contributed by atoms with Gasteiger partial charge in [-0.25, -0.2) is 4.98 Å². The lowest BCUT2D eigenvalue weighted by molar-refractivity contribution is 0.743. The van der Waals surface area contributed by atoms with E-state index in [0.29, 0.717) is 12.5 Å². The molecular formula is C8H11BrN2. The molecular weight excluding hydrogens is 204 g/mol. The predicted octanol–water partition coefficient (Wildman–Crippen LogP) is 1.91. The van der Waals surface area contributed by atoms with Crippen molar-refractivity contribution in [2.75, 3.05) is 6.54 Å². The zero-order valence-electron chi connectivity index (χ0n) is 6.42. The molecule has 1 aromatic rings. The van der Waals surface area contributed by atoms with Crippen molar-refractivity contribution in [3.63, 3.8) is 0 Å². The minimum Gasteiger partial charge on any atom is -0.330 e. The van der Waals surface area contributed by atoms with Gasteiger partial charge in [-0.2, -0.15) is 0 Å². The van der Waals surface area contributed by atoms with Gasteiger partial charge in [-0.15, -0.1) is 0 Å². The van der Waals surface area contributed by atoms with Gasteiger partial charge >= 0.3 is 0 Å². The van der Waals surface area contributed by atoms with Crippen molar-refractivity contribution in [3.8, 4) is 0 Å². The third kappa shape index (κ3) is 2.27. The van der Waals surface area contributed by atoms with Gasteiger partial charge in [-0.3, -0.25) is 0 Å². The smallest absolute Gasteiger partial charge is 0.106 e. The summed E-state index contributed by atoms with van der Waals surface area (Å²) in [5.74, 6) is 0.340. The summed E-state index contributed by atoms with van der Waals surface area (Å²) in [6.07, 6.45) is 0. The molecule has 0 bridgehead atoms. The van der Waals surface area contributed by atoms with Crippen LogP contribution in [-0.2, 0) is 0 Å². The van der Waals surface area contributed by atoms with Crippen LogP contribution in [0, 0.1) is 0 Å². The molecule has 0 amide bonds. The molecule has 11 heavy (non-hydrogen) atoms. The Morgan fingerprint density at radius 1 is 1.64 bits per heavy atom. The summed E-state index contributed by atoms with van der Waals surface area (Å²) < 4.78 is 0.871. The van der Waals surface area contributed by atoms with Crippen LogP contribution in [0.2, 0.25) is 0 Å². The zero-order valence-corrected chi connectivity index (χ0v) is 8.01. The van der Waals surface area contributed by atoms with Crippen molar-refractivity contribution in [2.24, 2.45) is 5.73 Å². The van der Waals surface area contributed by atoms with Crippen molar-refractivity contribution < 1.29 is 0 Å². The number of rotatable bonds is 2. The van der Waals surface area contributed by atoms with E-state index in [4.69, 9.17) is 5.73 Å². The molecule has 0 aliphatic carbocycles. The molecule has 2 N–H and O–H groups in total. The quantitative estimate of drug-likeness (QED) is 0.765. The highest BCUT2D eigenvalue weighted by atomic mass is 79.9. The Kier molecular flexibility index (Phi) is 3.02. The number of nitrogens with zero attached hydrogens (tertiary/aromatic N) is 1. The highest BCUT2D eigenvalue weighted by Gasteiger charge is 2.03. The second-order valence-electron chi connectivity index (χ2n) is 2.52. The fourth-order valence-corrected chi connectivity index (χ4v) is 1.18. The molecule has 60 valence electrons. The van der Waals surface area contributed by atoms with E-state index in [9.17, 15) is 0 Å². The highest BCUT2D eigenvalue weighted by molar-refractivity contribution is 9.10. The van der Waals surface area contributed by atoms with E-state index in [1.165, 1.54) is 0 Å². The van der Waals surface area contributed by atoms with Gasteiger partial charge in [0.15, 0.2) is 0 Å². The Hall–Kier alpha value is -0.410.